The number of fused-ring (bicyclic) bond motifs is 1. The van der Waals surface area contributed by atoms with E-state index >= 15 is 0 Å². The van der Waals surface area contributed by atoms with Crippen molar-refractivity contribution in [3.05, 3.63) is 81.7 Å². The van der Waals surface area contributed by atoms with Gasteiger partial charge in [-0.3, -0.25) is 14.2 Å². The number of para-hydroxylation sites is 1. The maximum Gasteiger partial charge on any atom is 0.340 e. The number of carbonyl (C=O) groups excluding carboxylic acids is 2. The number of esters is 1. The minimum absolute atomic E-state index is 0.225. The number of anilines is 1. The molecule has 0 aliphatic carbocycles. The van der Waals surface area contributed by atoms with E-state index in [9.17, 15) is 14.4 Å². The molecule has 0 spiro atoms. The SMILES string of the molecule is CCOC(=O)c1ccccc1NC(=O)Cn1cnc2c(-c3ccc(C)cc3)csc2c1=O. The minimum atomic E-state index is -0.522. The number of aromatic nitrogens is 2. The van der Waals surface area contributed by atoms with Crippen molar-refractivity contribution in [3.8, 4) is 11.1 Å². The van der Waals surface area contributed by atoms with Gasteiger partial charge in [-0.1, -0.05) is 42.0 Å². The van der Waals surface area contributed by atoms with Crippen molar-refractivity contribution in [2.75, 3.05) is 11.9 Å². The predicted octanol–water partition coefficient (Wildman–Crippen LogP) is 4.25. The van der Waals surface area contributed by atoms with Crippen molar-refractivity contribution in [2.24, 2.45) is 0 Å². The van der Waals surface area contributed by atoms with E-state index in [4.69, 9.17) is 4.74 Å². The molecular weight excluding hydrogens is 426 g/mol. The van der Waals surface area contributed by atoms with Crippen molar-refractivity contribution in [2.45, 2.75) is 20.4 Å². The molecule has 4 aromatic rings. The zero-order chi connectivity index (χ0) is 22.7. The molecule has 0 saturated carbocycles. The third-order valence-corrected chi connectivity index (χ3v) is 5.88. The highest BCUT2D eigenvalue weighted by molar-refractivity contribution is 7.17. The Morgan fingerprint density at radius 1 is 1.12 bits per heavy atom. The zero-order valence-electron chi connectivity index (χ0n) is 17.6. The summed E-state index contributed by atoms with van der Waals surface area (Å²) in [6, 6.07) is 14.6. The summed E-state index contributed by atoms with van der Waals surface area (Å²) in [5, 5.41) is 4.59. The highest BCUT2D eigenvalue weighted by Crippen LogP contribution is 2.30. The molecule has 4 rings (SSSR count). The standard InChI is InChI=1S/C24H21N3O4S/c1-3-31-24(30)17-6-4-5-7-19(17)26-20(28)12-27-14-25-21-18(13-32-22(21)23(27)29)16-10-8-15(2)9-11-16/h4-11,13-14H,3,12H2,1-2H3,(H,26,28). The molecule has 7 nitrogen and oxygen atoms in total. The first-order valence-corrected chi connectivity index (χ1v) is 11.0. The van der Waals surface area contributed by atoms with Crippen LogP contribution in [-0.4, -0.2) is 28.0 Å². The van der Waals surface area contributed by atoms with Crippen molar-refractivity contribution in [1.82, 2.24) is 9.55 Å². The number of carbonyl (C=O) groups is 2. The molecule has 0 saturated heterocycles. The molecule has 1 N–H and O–H groups in total. The highest BCUT2D eigenvalue weighted by Gasteiger charge is 2.16. The van der Waals surface area contributed by atoms with Gasteiger partial charge in [-0.25, -0.2) is 9.78 Å². The fraction of sp³-hybridized carbons (Fsp3) is 0.167. The van der Waals surface area contributed by atoms with E-state index in [-0.39, 0.29) is 24.3 Å². The Bertz CT molecular complexity index is 1360. The van der Waals surface area contributed by atoms with E-state index in [0.717, 1.165) is 16.7 Å². The van der Waals surface area contributed by atoms with Crippen molar-refractivity contribution >= 4 is 39.1 Å². The first-order chi connectivity index (χ1) is 15.5. The Morgan fingerprint density at radius 2 is 1.88 bits per heavy atom. The van der Waals surface area contributed by atoms with Crippen LogP contribution in [0.4, 0.5) is 5.69 Å². The summed E-state index contributed by atoms with van der Waals surface area (Å²) in [6.07, 6.45) is 1.38. The molecule has 0 radical (unpaired) electrons. The molecule has 2 aromatic carbocycles. The number of ether oxygens (including phenoxy) is 1. The van der Waals surface area contributed by atoms with E-state index in [2.05, 4.69) is 10.3 Å². The maximum atomic E-state index is 13.0. The number of aryl methyl sites for hydroxylation is 1. The fourth-order valence-corrected chi connectivity index (χ4v) is 4.29. The second-order valence-corrected chi connectivity index (χ2v) is 8.06. The molecule has 32 heavy (non-hydrogen) atoms. The van der Waals surface area contributed by atoms with Gasteiger partial charge >= 0.3 is 5.97 Å². The summed E-state index contributed by atoms with van der Waals surface area (Å²) < 4.78 is 6.78. The van der Waals surface area contributed by atoms with Gasteiger partial charge in [0.25, 0.3) is 5.56 Å². The molecule has 0 unspecified atom stereocenters. The van der Waals surface area contributed by atoms with Crippen LogP contribution in [0.5, 0.6) is 0 Å². The lowest BCUT2D eigenvalue weighted by Gasteiger charge is -2.11. The molecule has 0 aliphatic rings. The third-order valence-electron chi connectivity index (χ3n) is 4.92. The van der Waals surface area contributed by atoms with Crippen molar-refractivity contribution in [1.29, 1.82) is 0 Å². The van der Waals surface area contributed by atoms with Gasteiger partial charge in [0.05, 0.1) is 29.7 Å². The van der Waals surface area contributed by atoms with Crippen molar-refractivity contribution < 1.29 is 14.3 Å². The Kier molecular flexibility index (Phi) is 6.13. The highest BCUT2D eigenvalue weighted by atomic mass is 32.1. The lowest BCUT2D eigenvalue weighted by molar-refractivity contribution is -0.116. The normalized spacial score (nSPS) is 10.8. The largest absolute Gasteiger partial charge is 0.462 e. The smallest absolute Gasteiger partial charge is 0.340 e. The van der Waals surface area contributed by atoms with E-state index in [1.807, 2.05) is 36.6 Å². The van der Waals surface area contributed by atoms with Crippen LogP contribution < -0.4 is 10.9 Å². The second kappa shape index (κ2) is 9.15. The summed E-state index contributed by atoms with van der Waals surface area (Å²) >= 11 is 1.31. The van der Waals surface area contributed by atoms with Crippen LogP contribution in [0.25, 0.3) is 21.3 Å². The lowest BCUT2D eigenvalue weighted by Crippen LogP contribution is -2.28. The summed E-state index contributed by atoms with van der Waals surface area (Å²) in [5.74, 6) is -0.966. The van der Waals surface area contributed by atoms with Gasteiger partial charge in [0.15, 0.2) is 0 Å². The molecule has 0 aliphatic heterocycles. The third kappa shape index (κ3) is 4.31. The Hall–Kier alpha value is -3.78. The molecule has 8 heteroatoms. The molecule has 0 bridgehead atoms. The zero-order valence-corrected chi connectivity index (χ0v) is 18.4. The number of hydrogen-bond donors (Lipinski definition) is 1. The maximum absolute atomic E-state index is 13.0. The summed E-state index contributed by atoms with van der Waals surface area (Å²) in [4.78, 5) is 42.1. The Labute approximate surface area is 188 Å². The quantitative estimate of drug-likeness (QED) is 0.446. The fourth-order valence-electron chi connectivity index (χ4n) is 3.32. The minimum Gasteiger partial charge on any atom is -0.462 e. The first kappa shape index (κ1) is 21.5. The van der Waals surface area contributed by atoms with Gasteiger partial charge in [0.2, 0.25) is 5.91 Å². The van der Waals surface area contributed by atoms with Crippen LogP contribution in [0.2, 0.25) is 0 Å². The van der Waals surface area contributed by atoms with E-state index in [0.29, 0.717) is 15.9 Å². The summed E-state index contributed by atoms with van der Waals surface area (Å²) in [5.41, 5.74) is 3.95. The molecule has 2 aromatic heterocycles. The van der Waals surface area contributed by atoms with Gasteiger partial charge in [-0.05, 0) is 31.5 Å². The van der Waals surface area contributed by atoms with Crippen LogP contribution in [0.3, 0.4) is 0 Å². The molecular formula is C24H21N3O4S. The monoisotopic (exact) mass is 447 g/mol. The molecule has 2 heterocycles. The van der Waals surface area contributed by atoms with Crippen LogP contribution in [0.1, 0.15) is 22.8 Å². The van der Waals surface area contributed by atoms with E-state index in [1.165, 1.54) is 22.2 Å². The number of nitrogens with zero attached hydrogens (tertiary/aromatic N) is 2. The summed E-state index contributed by atoms with van der Waals surface area (Å²) in [7, 11) is 0. The van der Waals surface area contributed by atoms with E-state index in [1.54, 1.807) is 31.2 Å². The number of rotatable bonds is 6. The van der Waals surface area contributed by atoms with Crippen molar-refractivity contribution in [3.63, 3.8) is 0 Å². The molecule has 0 fully saturated rings. The summed E-state index contributed by atoms with van der Waals surface area (Å²) in [6.45, 7) is 3.73. The molecule has 1 amide bonds. The van der Waals surface area contributed by atoms with Crippen LogP contribution in [-0.2, 0) is 16.1 Å². The van der Waals surface area contributed by atoms with Gasteiger partial charge < -0.3 is 10.1 Å². The van der Waals surface area contributed by atoms with Gasteiger partial charge in [0, 0.05) is 10.9 Å². The number of benzene rings is 2. The van der Waals surface area contributed by atoms with Crippen LogP contribution in [0, 0.1) is 6.92 Å². The number of thiophene rings is 1. The van der Waals surface area contributed by atoms with Crippen LogP contribution in [0.15, 0.2) is 65.0 Å². The number of amides is 1. The van der Waals surface area contributed by atoms with Gasteiger partial charge in [-0.15, -0.1) is 11.3 Å². The second-order valence-electron chi connectivity index (χ2n) is 7.18. The average Bonchev–Trinajstić information content (AvgIpc) is 3.21. The Morgan fingerprint density at radius 3 is 2.62 bits per heavy atom. The van der Waals surface area contributed by atoms with Gasteiger partial charge in [0.1, 0.15) is 11.2 Å². The number of hydrogen-bond acceptors (Lipinski definition) is 6. The van der Waals surface area contributed by atoms with E-state index < -0.39 is 11.9 Å². The van der Waals surface area contributed by atoms with Gasteiger partial charge in [-0.2, -0.15) is 0 Å². The topological polar surface area (TPSA) is 90.3 Å². The first-order valence-electron chi connectivity index (χ1n) is 10.1. The van der Waals surface area contributed by atoms with Crippen LogP contribution >= 0.6 is 11.3 Å². The predicted molar refractivity (Wildman–Crippen MR) is 125 cm³/mol. The lowest BCUT2D eigenvalue weighted by atomic mass is 10.1. The number of nitrogens with one attached hydrogen (secondary N) is 1. The molecule has 162 valence electrons. The average molecular weight is 448 g/mol. The Balaban J connectivity index is 1.57. The molecule has 0 atom stereocenters.